The van der Waals surface area contributed by atoms with Crippen LogP contribution in [-0.4, -0.2) is 11.6 Å². The number of carbonyl (C=O) groups is 2. The van der Waals surface area contributed by atoms with Gasteiger partial charge < -0.3 is 0 Å². The zero-order chi connectivity index (χ0) is 9.14. The van der Waals surface area contributed by atoms with Crippen LogP contribution in [0.2, 0.25) is 0 Å². The van der Waals surface area contributed by atoms with Crippen LogP contribution in [0.3, 0.4) is 0 Å². The van der Waals surface area contributed by atoms with Gasteiger partial charge in [-0.25, -0.2) is 0 Å². The van der Waals surface area contributed by atoms with E-state index in [2.05, 4.69) is 13.0 Å². The minimum atomic E-state index is -0.298. The number of carbonyl (C=O) groups excluding carboxylic acids is 2. The Morgan fingerprint density at radius 1 is 1.50 bits per heavy atom. The maximum atomic E-state index is 11.2. The molecule has 1 atom stereocenters. The van der Waals surface area contributed by atoms with Crippen LogP contribution in [0.5, 0.6) is 0 Å². The predicted octanol–water partition coefficient (Wildman–Crippen LogP) is 1.89. The summed E-state index contributed by atoms with van der Waals surface area (Å²) in [6, 6.07) is 0. The number of hydrogen-bond acceptors (Lipinski definition) is 2. The Morgan fingerprint density at radius 2 is 2.17 bits per heavy atom. The Labute approximate surface area is 72.7 Å². The first kappa shape index (κ1) is 9.17. The van der Waals surface area contributed by atoms with Crippen LogP contribution in [0.1, 0.15) is 33.1 Å². The van der Waals surface area contributed by atoms with Crippen LogP contribution in [0.15, 0.2) is 11.6 Å². The van der Waals surface area contributed by atoms with Gasteiger partial charge in [-0.1, -0.05) is 11.6 Å². The molecule has 0 aliphatic heterocycles. The Balaban J connectivity index is 2.57. The highest BCUT2D eigenvalue weighted by molar-refractivity contribution is 6.37. The molecule has 1 rings (SSSR count). The van der Waals surface area contributed by atoms with E-state index in [0.29, 0.717) is 0 Å². The summed E-state index contributed by atoms with van der Waals surface area (Å²) in [6.07, 6.45) is 4.63. The fourth-order valence-corrected chi connectivity index (χ4v) is 1.49. The average molecular weight is 166 g/mol. The van der Waals surface area contributed by atoms with Gasteiger partial charge in [-0.15, -0.1) is 0 Å². The molecule has 0 spiro atoms. The Morgan fingerprint density at radius 3 is 2.58 bits per heavy atom. The molecule has 0 amide bonds. The summed E-state index contributed by atoms with van der Waals surface area (Å²) in [7, 11) is 0. The predicted molar refractivity (Wildman–Crippen MR) is 46.8 cm³/mol. The lowest BCUT2D eigenvalue weighted by Crippen LogP contribution is -2.22. The van der Waals surface area contributed by atoms with Crippen molar-refractivity contribution in [3.8, 4) is 0 Å². The van der Waals surface area contributed by atoms with Crippen molar-refractivity contribution in [1.82, 2.24) is 0 Å². The zero-order valence-electron chi connectivity index (χ0n) is 7.59. The van der Waals surface area contributed by atoms with Crippen LogP contribution in [-0.2, 0) is 9.59 Å². The van der Waals surface area contributed by atoms with E-state index in [1.807, 2.05) is 0 Å². The fraction of sp³-hybridized carbons (Fsp3) is 0.600. The highest BCUT2D eigenvalue weighted by atomic mass is 16.2. The fourth-order valence-electron chi connectivity index (χ4n) is 1.49. The first-order chi connectivity index (χ1) is 5.61. The maximum Gasteiger partial charge on any atom is 0.201 e. The molecule has 1 unspecified atom stereocenters. The molecule has 0 saturated heterocycles. The quantitative estimate of drug-likeness (QED) is 0.463. The molecule has 0 fully saturated rings. The maximum absolute atomic E-state index is 11.2. The van der Waals surface area contributed by atoms with Crippen molar-refractivity contribution < 1.29 is 9.59 Å². The van der Waals surface area contributed by atoms with E-state index < -0.39 is 0 Å². The second-order valence-corrected chi connectivity index (χ2v) is 3.44. The van der Waals surface area contributed by atoms with Crippen molar-refractivity contribution in [1.29, 1.82) is 0 Å². The molecule has 0 aromatic carbocycles. The van der Waals surface area contributed by atoms with Crippen LogP contribution in [0.4, 0.5) is 0 Å². The van der Waals surface area contributed by atoms with Crippen molar-refractivity contribution in [2.75, 3.05) is 0 Å². The molecule has 2 nitrogen and oxygen atoms in total. The van der Waals surface area contributed by atoms with Crippen molar-refractivity contribution in [3.63, 3.8) is 0 Å². The third kappa shape index (κ3) is 2.03. The summed E-state index contributed by atoms with van der Waals surface area (Å²) in [5.41, 5.74) is 1.34. The number of hydrogen-bond donors (Lipinski definition) is 0. The van der Waals surface area contributed by atoms with E-state index in [4.69, 9.17) is 0 Å². The van der Waals surface area contributed by atoms with Crippen LogP contribution >= 0.6 is 0 Å². The highest BCUT2D eigenvalue weighted by Crippen LogP contribution is 2.23. The van der Waals surface area contributed by atoms with Crippen molar-refractivity contribution in [3.05, 3.63) is 11.6 Å². The van der Waals surface area contributed by atoms with Gasteiger partial charge in [-0.3, -0.25) is 9.59 Å². The van der Waals surface area contributed by atoms with Gasteiger partial charge in [-0.05, 0) is 26.2 Å². The first-order valence-corrected chi connectivity index (χ1v) is 4.31. The van der Waals surface area contributed by atoms with Crippen molar-refractivity contribution in [2.24, 2.45) is 5.92 Å². The van der Waals surface area contributed by atoms with E-state index >= 15 is 0 Å². The lowest BCUT2D eigenvalue weighted by molar-refractivity contribution is -0.137. The van der Waals surface area contributed by atoms with Crippen LogP contribution in [0.25, 0.3) is 0 Å². The lowest BCUT2D eigenvalue weighted by atomic mass is 9.86. The summed E-state index contributed by atoms with van der Waals surface area (Å²) >= 11 is 0. The molecule has 0 aromatic rings. The largest absolute Gasteiger partial charge is 0.291 e. The topological polar surface area (TPSA) is 34.1 Å². The van der Waals surface area contributed by atoms with E-state index in [1.54, 1.807) is 0 Å². The average Bonchev–Trinajstić information content (AvgIpc) is 2.04. The van der Waals surface area contributed by atoms with Gasteiger partial charge in [0.15, 0.2) is 5.78 Å². The molecule has 0 aromatic heterocycles. The summed E-state index contributed by atoms with van der Waals surface area (Å²) in [5, 5.41) is 0. The third-order valence-electron chi connectivity index (χ3n) is 2.36. The van der Waals surface area contributed by atoms with Crippen molar-refractivity contribution >= 4 is 11.6 Å². The molecule has 0 heterocycles. The third-order valence-corrected chi connectivity index (χ3v) is 2.36. The van der Waals surface area contributed by atoms with Crippen molar-refractivity contribution in [2.45, 2.75) is 33.1 Å². The number of Topliss-reactive ketones (excluding diaryl/α,β-unsaturated/α-hetero) is 2. The molecule has 0 radical (unpaired) electrons. The zero-order valence-corrected chi connectivity index (χ0v) is 7.59. The summed E-state index contributed by atoms with van der Waals surface area (Å²) in [6.45, 7) is 3.42. The SMILES string of the molecule is CC(=O)C(=O)C1CC=C(C)CC1. The lowest BCUT2D eigenvalue weighted by Gasteiger charge is -2.17. The Hall–Kier alpha value is -0.920. The minimum absolute atomic E-state index is 0.0359. The van der Waals surface area contributed by atoms with E-state index in [1.165, 1.54) is 12.5 Å². The van der Waals surface area contributed by atoms with E-state index in [9.17, 15) is 9.59 Å². The van der Waals surface area contributed by atoms with Gasteiger partial charge in [-0.2, -0.15) is 0 Å². The highest BCUT2D eigenvalue weighted by Gasteiger charge is 2.22. The molecule has 1 aliphatic carbocycles. The van der Waals surface area contributed by atoms with Gasteiger partial charge in [0.1, 0.15) is 0 Å². The smallest absolute Gasteiger partial charge is 0.201 e. The van der Waals surface area contributed by atoms with Crippen LogP contribution in [0, 0.1) is 5.92 Å². The van der Waals surface area contributed by atoms with Gasteiger partial charge in [0.25, 0.3) is 0 Å². The number of ketones is 2. The normalized spacial score (nSPS) is 23.2. The van der Waals surface area contributed by atoms with Gasteiger partial charge in [0.05, 0.1) is 0 Å². The molecule has 0 bridgehead atoms. The Bertz CT molecular complexity index is 238. The minimum Gasteiger partial charge on any atom is -0.291 e. The summed E-state index contributed by atoms with van der Waals surface area (Å²) < 4.78 is 0. The molecule has 0 N–H and O–H groups in total. The molecule has 2 heteroatoms. The van der Waals surface area contributed by atoms with E-state index in [0.717, 1.165) is 19.3 Å². The van der Waals surface area contributed by atoms with E-state index in [-0.39, 0.29) is 17.5 Å². The second kappa shape index (κ2) is 3.65. The standard InChI is InChI=1S/C10H14O2/c1-7-3-5-9(6-4-7)10(12)8(2)11/h3,9H,4-6H2,1-2H3. The molecule has 12 heavy (non-hydrogen) atoms. The van der Waals surface area contributed by atoms with Gasteiger partial charge in [0.2, 0.25) is 5.78 Å². The van der Waals surface area contributed by atoms with Gasteiger partial charge >= 0.3 is 0 Å². The molecule has 0 saturated carbocycles. The second-order valence-electron chi connectivity index (χ2n) is 3.44. The monoisotopic (exact) mass is 166 g/mol. The van der Waals surface area contributed by atoms with Crippen LogP contribution < -0.4 is 0 Å². The number of rotatable bonds is 2. The first-order valence-electron chi connectivity index (χ1n) is 4.31. The molecule has 66 valence electrons. The summed E-state index contributed by atoms with van der Waals surface area (Å²) in [4.78, 5) is 22.0. The van der Waals surface area contributed by atoms with Gasteiger partial charge in [0, 0.05) is 12.8 Å². The summed E-state index contributed by atoms with van der Waals surface area (Å²) in [5.74, 6) is -0.530. The Kier molecular flexibility index (Phi) is 2.79. The molecule has 1 aliphatic rings. The molecular formula is C10H14O2. The molecular weight excluding hydrogens is 152 g/mol. The number of allylic oxidation sites excluding steroid dienone is 2.